The normalized spacial score (nSPS) is 10.7. The first-order valence-electron chi connectivity index (χ1n) is 7.13. The van der Waals surface area contributed by atoms with Crippen molar-refractivity contribution in [2.45, 2.75) is 20.8 Å². The summed E-state index contributed by atoms with van der Waals surface area (Å²) in [5.74, 6) is 0.402. The zero-order chi connectivity index (χ0) is 15.9. The largest absolute Gasteiger partial charge is 0.484 e. The van der Waals surface area contributed by atoms with Crippen LogP contribution in [0.15, 0.2) is 47.6 Å². The van der Waals surface area contributed by atoms with Crippen LogP contribution in [0.5, 0.6) is 5.75 Å². The quantitative estimate of drug-likeness (QED) is 0.680. The molecule has 2 aromatic rings. The summed E-state index contributed by atoms with van der Waals surface area (Å²) in [4.78, 5) is 11.7. The van der Waals surface area contributed by atoms with Gasteiger partial charge >= 0.3 is 0 Å². The van der Waals surface area contributed by atoms with E-state index < -0.39 is 0 Å². The Hall–Kier alpha value is -2.62. The van der Waals surface area contributed by atoms with Crippen LogP contribution in [0.4, 0.5) is 0 Å². The van der Waals surface area contributed by atoms with Crippen molar-refractivity contribution in [2.24, 2.45) is 5.10 Å². The number of nitrogens with one attached hydrogen (secondary N) is 1. The molecule has 0 saturated heterocycles. The summed E-state index contributed by atoms with van der Waals surface area (Å²) < 4.78 is 5.47. The summed E-state index contributed by atoms with van der Waals surface area (Å²) in [6.07, 6.45) is 1.63. The average Bonchev–Trinajstić information content (AvgIpc) is 2.46. The molecule has 0 aliphatic rings. The third-order valence-corrected chi connectivity index (χ3v) is 3.15. The third kappa shape index (κ3) is 4.74. The third-order valence-electron chi connectivity index (χ3n) is 3.15. The fraction of sp³-hybridized carbons (Fsp3) is 0.222. The molecule has 0 bridgehead atoms. The van der Waals surface area contributed by atoms with Crippen molar-refractivity contribution < 1.29 is 9.53 Å². The number of nitrogens with zero attached hydrogens (tertiary/aromatic N) is 1. The van der Waals surface area contributed by atoms with Crippen LogP contribution in [0, 0.1) is 20.8 Å². The monoisotopic (exact) mass is 296 g/mol. The van der Waals surface area contributed by atoms with Gasteiger partial charge in [-0.25, -0.2) is 5.43 Å². The summed E-state index contributed by atoms with van der Waals surface area (Å²) in [5, 5.41) is 3.95. The lowest BCUT2D eigenvalue weighted by Gasteiger charge is -2.07. The molecule has 1 amide bonds. The van der Waals surface area contributed by atoms with Crippen molar-refractivity contribution in [1.82, 2.24) is 5.43 Å². The van der Waals surface area contributed by atoms with E-state index in [9.17, 15) is 4.79 Å². The van der Waals surface area contributed by atoms with E-state index >= 15 is 0 Å². The highest BCUT2D eigenvalue weighted by atomic mass is 16.5. The van der Waals surface area contributed by atoms with E-state index in [0.29, 0.717) is 5.75 Å². The molecule has 0 heterocycles. The predicted octanol–water partition coefficient (Wildman–Crippen LogP) is 3.14. The number of amides is 1. The molecule has 2 rings (SSSR count). The summed E-state index contributed by atoms with van der Waals surface area (Å²) in [6, 6.07) is 13.7. The van der Waals surface area contributed by atoms with E-state index in [1.807, 2.05) is 57.2 Å². The van der Waals surface area contributed by atoms with Crippen molar-refractivity contribution in [3.63, 3.8) is 0 Å². The van der Waals surface area contributed by atoms with E-state index in [1.54, 1.807) is 6.21 Å². The molecule has 22 heavy (non-hydrogen) atoms. The van der Waals surface area contributed by atoms with Crippen LogP contribution in [0.2, 0.25) is 0 Å². The maximum Gasteiger partial charge on any atom is 0.277 e. The summed E-state index contributed by atoms with van der Waals surface area (Å²) >= 11 is 0. The van der Waals surface area contributed by atoms with Gasteiger partial charge in [0.25, 0.3) is 5.91 Å². The first kappa shape index (κ1) is 15.8. The number of carbonyl (C=O) groups excluding carboxylic acids is 1. The van der Waals surface area contributed by atoms with Crippen LogP contribution in [-0.4, -0.2) is 18.7 Å². The number of carbonyl (C=O) groups is 1. The molecule has 0 atom stereocenters. The zero-order valence-electron chi connectivity index (χ0n) is 13.1. The van der Waals surface area contributed by atoms with Crippen LogP contribution in [-0.2, 0) is 4.79 Å². The molecular weight excluding hydrogens is 276 g/mol. The van der Waals surface area contributed by atoms with Crippen molar-refractivity contribution in [2.75, 3.05) is 6.61 Å². The molecule has 4 heteroatoms. The molecule has 0 aliphatic heterocycles. The molecule has 2 aromatic carbocycles. The van der Waals surface area contributed by atoms with Crippen molar-refractivity contribution >= 4 is 12.1 Å². The van der Waals surface area contributed by atoms with Crippen LogP contribution >= 0.6 is 0 Å². The molecule has 0 aromatic heterocycles. The number of hydrazone groups is 1. The van der Waals surface area contributed by atoms with Crippen LogP contribution < -0.4 is 10.2 Å². The zero-order valence-corrected chi connectivity index (χ0v) is 13.1. The summed E-state index contributed by atoms with van der Waals surface area (Å²) in [6.45, 7) is 5.92. The average molecular weight is 296 g/mol. The predicted molar refractivity (Wildman–Crippen MR) is 88.3 cm³/mol. The van der Waals surface area contributed by atoms with Gasteiger partial charge in [-0.05, 0) is 55.2 Å². The first-order chi connectivity index (χ1) is 10.5. The summed E-state index contributed by atoms with van der Waals surface area (Å²) in [7, 11) is 0. The molecule has 114 valence electrons. The minimum absolute atomic E-state index is 0.0615. The van der Waals surface area contributed by atoms with Crippen LogP contribution in [0.25, 0.3) is 0 Å². The lowest BCUT2D eigenvalue weighted by molar-refractivity contribution is -0.123. The maximum absolute atomic E-state index is 11.7. The topological polar surface area (TPSA) is 50.7 Å². The summed E-state index contributed by atoms with van der Waals surface area (Å²) in [5.41, 5.74) is 6.75. The number of hydrogen-bond donors (Lipinski definition) is 1. The second-order valence-corrected chi connectivity index (χ2v) is 5.26. The number of ether oxygens (including phenoxy) is 1. The minimum atomic E-state index is -0.288. The number of aryl methyl sites for hydroxylation is 3. The molecule has 0 unspecified atom stereocenters. The lowest BCUT2D eigenvalue weighted by Crippen LogP contribution is -2.24. The fourth-order valence-corrected chi connectivity index (χ4v) is 2.10. The van der Waals surface area contributed by atoms with Gasteiger partial charge in [0.2, 0.25) is 0 Å². The van der Waals surface area contributed by atoms with E-state index in [0.717, 1.165) is 22.3 Å². The van der Waals surface area contributed by atoms with Gasteiger partial charge in [0.15, 0.2) is 6.61 Å². The Bertz CT molecular complexity index is 673. The second-order valence-electron chi connectivity index (χ2n) is 5.26. The van der Waals surface area contributed by atoms with E-state index in [-0.39, 0.29) is 12.5 Å². The van der Waals surface area contributed by atoms with Gasteiger partial charge in [-0.1, -0.05) is 30.3 Å². The van der Waals surface area contributed by atoms with Gasteiger partial charge in [-0.2, -0.15) is 5.10 Å². The molecule has 0 fully saturated rings. The first-order valence-corrected chi connectivity index (χ1v) is 7.13. The molecule has 4 nitrogen and oxygen atoms in total. The highest BCUT2D eigenvalue weighted by Gasteiger charge is 2.02. The number of benzene rings is 2. The van der Waals surface area contributed by atoms with E-state index in [1.165, 1.54) is 0 Å². The standard InChI is InChI=1S/C18H20N2O2/c1-13-8-14(2)10-17(9-13)22-12-18(21)20-19-11-16-7-5-4-6-15(16)3/h4-11H,12H2,1-3H3,(H,20,21)/b19-11+. The van der Waals surface area contributed by atoms with Crippen molar-refractivity contribution in [1.29, 1.82) is 0 Å². The van der Waals surface area contributed by atoms with E-state index in [4.69, 9.17) is 4.74 Å². The molecular formula is C18H20N2O2. The Morgan fingerprint density at radius 1 is 1.14 bits per heavy atom. The Morgan fingerprint density at radius 3 is 2.50 bits per heavy atom. The smallest absolute Gasteiger partial charge is 0.277 e. The molecule has 0 radical (unpaired) electrons. The Morgan fingerprint density at radius 2 is 1.82 bits per heavy atom. The number of hydrogen-bond acceptors (Lipinski definition) is 3. The SMILES string of the molecule is Cc1cc(C)cc(OCC(=O)N/N=C/c2ccccc2C)c1. The molecule has 1 N–H and O–H groups in total. The van der Waals surface area contributed by atoms with Gasteiger partial charge in [0.05, 0.1) is 6.21 Å². The molecule has 0 saturated carbocycles. The van der Waals surface area contributed by atoms with E-state index in [2.05, 4.69) is 16.6 Å². The van der Waals surface area contributed by atoms with Gasteiger partial charge < -0.3 is 4.74 Å². The van der Waals surface area contributed by atoms with Gasteiger partial charge in [0, 0.05) is 0 Å². The second kappa shape index (κ2) is 7.41. The molecule has 0 spiro atoms. The molecule has 0 aliphatic carbocycles. The highest BCUT2D eigenvalue weighted by molar-refractivity contribution is 5.84. The minimum Gasteiger partial charge on any atom is -0.484 e. The Kier molecular flexibility index (Phi) is 5.31. The number of rotatable bonds is 5. The Labute approximate surface area is 130 Å². The van der Waals surface area contributed by atoms with Crippen LogP contribution in [0.1, 0.15) is 22.3 Å². The van der Waals surface area contributed by atoms with Crippen LogP contribution in [0.3, 0.4) is 0 Å². The Balaban J connectivity index is 1.84. The highest BCUT2D eigenvalue weighted by Crippen LogP contribution is 2.15. The van der Waals surface area contributed by atoms with Gasteiger partial charge in [-0.3, -0.25) is 4.79 Å². The fourth-order valence-electron chi connectivity index (χ4n) is 2.10. The lowest BCUT2D eigenvalue weighted by atomic mass is 10.1. The van der Waals surface area contributed by atoms with Crippen molar-refractivity contribution in [3.8, 4) is 5.75 Å². The maximum atomic E-state index is 11.7. The van der Waals surface area contributed by atoms with Gasteiger partial charge in [-0.15, -0.1) is 0 Å². The van der Waals surface area contributed by atoms with Gasteiger partial charge in [0.1, 0.15) is 5.75 Å². The van der Waals surface area contributed by atoms with Crippen molar-refractivity contribution in [3.05, 3.63) is 64.7 Å².